The molecule has 0 amide bonds. The minimum Gasteiger partial charge on any atom is -0.330 e. The summed E-state index contributed by atoms with van der Waals surface area (Å²) in [6, 6.07) is 18.2. The Morgan fingerprint density at radius 1 is 0.895 bits per heavy atom. The molecule has 3 rings (SSSR count). The smallest absolute Gasteiger partial charge is 0.210 e. The van der Waals surface area contributed by atoms with Gasteiger partial charge in [-0.25, -0.2) is 0 Å². The predicted octanol–water partition coefficient (Wildman–Crippen LogP) is 4.26. The standard InChI is InChI=1S/C15H13N3S/c1-11-7-5-6-10-13(11)14-17-18-15(19-14)16-12-8-3-2-4-9-12/h2-10H,1H3,(H,16,18). The summed E-state index contributed by atoms with van der Waals surface area (Å²) in [7, 11) is 0. The van der Waals surface area contributed by atoms with E-state index in [9.17, 15) is 0 Å². The molecule has 0 saturated carbocycles. The first kappa shape index (κ1) is 11.9. The molecule has 0 spiro atoms. The molecule has 0 radical (unpaired) electrons. The Bertz CT molecular complexity index is 677. The zero-order chi connectivity index (χ0) is 13.1. The summed E-state index contributed by atoms with van der Waals surface area (Å²) in [4.78, 5) is 0. The van der Waals surface area contributed by atoms with E-state index in [-0.39, 0.29) is 0 Å². The van der Waals surface area contributed by atoms with E-state index in [1.54, 1.807) is 11.3 Å². The topological polar surface area (TPSA) is 37.8 Å². The predicted molar refractivity (Wildman–Crippen MR) is 79.8 cm³/mol. The van der Waals surface area contributed by atoms with Crippen LogP contribution < -0.4 is 5.32 Å². The quantitative estimate of drug-likeness (QED) is 0.770. The first-order chi connectivity index (χ1) is 9.33. The Balaban J connectivity index is 1.86. The third-order valence-corrected chi connectivity index (χ3v) is 3.70. The molecule has 4 heteroatoms. The van der Waals surface area contributed by atoms with Gasteiger partial charge in [0, 0.05) is 11.3 Å². The highest BCUT2D eigenvalue weighted by molar-refractivity contribution is 7.18. The van der Waals surface area contributed by atoms with Gasteiger partial charge in [-0.2, -0.15) is 0 Å². The number of aromatic nitrogens is 2. The molecule has 3 aromatic rings. The molecule has 1 N–H and O–H groups in total. The summed E-state index contributed by atoms with van der Waals surface area (Å²) in [6.45, 7) is 2.08. The number of aryl methyl sites for hydroxylation is 1. The Morgan fingerprint density at radius 2 is 1.63 bits per heavy atom. The average Bonchev–Trinajstić information content (AvgIpc) is 2.89. The van der Waals surface area contributed by atoms with Crippen molar-refractivity contribution >= 4 is 22.2 Å². The van der Waals surface area contributed by atoms with Crippen LogP contribution in [0.1, 0.15) is 5.56 Å². The highest BCUT2D eigenvalue weighted by Crippen LogP contribution is 2.29. The number of anilines is 2. The van der Waals surface area contributed by atoms with Gasteiger partial charge in [-0.3, -0.25) is 0 Å². The van der Waals surface area contributed by atoms with E-state index >= 15 is 0 Å². The van der Waals surface area contributed by atoms with Crippen LogP contribution in [0, 0.1) is 6.92 Å². The molecule has 3 nitrogen and oxygen atoms in total. The van der Waals surface area contributed by atoms with Crippen molar-refractivity contribution < 1.29 is 0 Å². The summed E-state index contributed by atoms with van der Waals surface area (Å²) in [5, 5.41) is 13.4. The third-order valence-electron chi connectivity index (χ3n) is 2.83. The van der Waals surface area contributed by atoms with Crippen molar-refractivity contribution in [2.75, 3.05) is 5.32 Å². The number of nitrogens with one attached hydrogen (secondary N) is 1. The number of hydrogen-bond donors (Lipinski definition) is 1. The van der Waals surface area contributed by atoms with Crippen LogP contribution in [0.4, 0.5) is 10.8 Å². The minimum absolute atomic E-state index is 0.810. The van der Waals surface area contributed by atoms with Crippen LogP contribution in [0.5, 0.6) is 0 Å². The van der Waals surface area contributed by atoms with Crippen LogP contribution in [0.15, 0.2) is 54.6 Å². The Kier molecular flexibility index (Phi) is 3.25. The second-order valence-electron chi connectivity index (χ2n) is 4.22. The number of rotatable bonds is 3. The highest BCUT2D eigenvalue weighted by Gasteiger charge is 2.08. The number of nitrogens with zero attached hydrogens (tertiary/aromatic N) is 2. The summed E-state index contributed by atoms with van der Waals surface area (Å²) < 4.78 is 0. The first-order valence-corrected chi connectivity index (χ1v) is 6.86. The Morgan fingerprint density at radius 3 is 2.42 bits per heavy atom. The monoisotopic (exact) mass is 267 g/mol. The van der Waals surface area contributed by atoms with E-state index in [1.165, 1.54) is 5.56 Å². The van der Waals surface area contributed by atoms with Crippen LogP contribution in [0.2, 0.25) is 0 Å². The van der Waals surface area contributed by atoms with E-state index < -0.39 is 0 Å². The fraction of sp³-hybridized carbons (Fsp3) is 0.0667. The first-order valence-electron chi connectivity index (χ1n) is 6.04. The van der Waals surface area contributed by atoms with Gasteiger partial charge < -0.3 is 5.32 Å². The lowest BCUT2D eigenvalue weighted by Crippen LogP contribution is -1.87. The van der Waals surface area contributed by atoms with Gasteiger partial charge in [0.25, 0.3) is 0 Å². The molecular formula is C15H13N3S. The molecule has 0 aliphatic carbocycles. The highest BCUT2D eigenvalue weighted by atomic mass is 32.1. The van der Waals surface area contributed by atoms with Gasteiger partial charge in [-0.15, -0.1) is 10.2 Å². The maximum atomic E-state index is 4.25. The van der Waals surface area contributed by atoms with Crippen molar-refractivity contribution in [3.63, 3.8) is 0 Å². The van der Waals surface area contributed by atoms with Crippen molar-refractivity contribution in [3.05, 3.63) is 60.2 Å². The molecule has 0 fully saturated rings. The van der Waals surface area contributed by atoms with Crippen LogP contribution in [-0.2, 0) is 0 Å². The number of para-hydroxylation sites is 1. The van der Waals surface area contributed by atoms with Crippen molar-refractivity contribution in [1.29, 1.82) is 0 Å². The summed E-state index contributed by atoms with van der Waals surface area (Å²) in [6.07, 6.45) is 0. The van der Waals surface area contributed by atoms with Crippen molar-refractivity contribution in [2.45, 2.75) is 6.92 Å². The van der Waals surface area contributed by atoms with Crippen LogP contribution >= 0.6 is 11.3 Å². The fourth-order valence-electron chi connectivity index (χ4n) is 1.84. The molecule has 0 atom stereocenters. The van der Waals surface area contributed by atoms with E-state index in [2.05, 4.69) is 34.6 Å². The summed E-state index contributed by atoms with van der Waals surface area (Å²) in [5.74, 6) is 0. The molecule has 1 heterocycles. The van der Waals surface area contributed by atoms with E-state index in [0.29, 0.717) is 0 Å². The fourth-order valence-corrected chi connectivity index (χ4v) is 2.69. The Hall–Kier alpha value is -2.20. The molecule has 94 valence electrons. The number of benzene rings is 2. The van der Waals surface area contributed by atoms with Gasteiger partial charge in [-0.05, 0) is 24.6 Å². The summed E-state index contributed by atoms with van der Waals surface area (Å²) >= 11 is 1.56. The van der Waals surface area contributed by atoms with Gasteiger partial charge in [0.2, 0.25) is 5.13 Å². The summed E-state index contributed by atoms with van der Waals surface area (Å²) in [5.41, 5.74) is 3.38. The lowest BCUT2D eigenvalue weighted by atomic mass is 10.1. The normalized spacial score (nSPS) is 10.4. The van der Waals surface area contributed by atoms with Crippen molar-refractivity contribution in [1.82, 2.24) is 10.2 Å². The average molecular weight is 267 g/mol. The molecule has 0 saturated heterocycles. The molecule has 0 aliphatic rings. The van der Waals surface area contributed by atoms with Gasteiger partial charge >= 0.3 is 0 Å². The Labute approximate surface area is 116 Å². The van der Waals surface area contributed by atoms with Crippen LogP contribution in [0.3, 0.4) is 0 Å². The molecule has 0 aliphatic heterocycles. The maximum Gasteiger partial charge on any atom is 0.210 e. The largest absolute Gasteiger partial charge is 0.330 e. The zero-order valence-corrected chi connectivity index (χ0v) is 11.3. The lowest BCUT2D eigenvalue weighted by molar-refractivity contribution is 1.10. The zero-order valence-electron chi connectivity index (χ0n) is 10.5. The molecule has 0 bridgehead atoms. The van der Waals surface area contributed by atoms with Crippen molar-refractivity contribution in [2.24, 2.45) is 0 Å². The lowest BCUT2D eigenvalue weighted by Gasteiger charge is -2.00. The van der Waals surface area contributed by atoms with E-state index in [4.69, 9.17) is 0 Å². The van der Waals surface area contributed by atoms with Gasteiger partial charge in [0.15, 0.2) is 0 Å². The minimum atomic E-state index is 0.810. The molecule has 1 aromatic heterocycles. The molecule has 2 aromatic carbocycles. The van der Waals surface area contributed by atoms with Crippen molar-refractivity contribution in [3.8, 4) is 10.6 Å². The third kappa shape index (κ3) is 2.63. The van der Waals surface area contributed by atoms with Crippen LogP contribution in [0.25, 0.3) is 10.6 Å². The molecular weight excluding hydrogens is 254 g/mol. The molecule has 0 unspecified atom stereocenters. The van der Waals surface area contributed by atoms with Gasteiger partial charge in [0.1, 0.15) is 5.01 Å². The number of hydrogen-bond acceptors (Lipinski definition) is 4. The second kappa shape index (κ2) is 5.20. The van der Waals surface area contributed by atoms with Gasteiger partial charge in [-0.1, -0.05) is 53.8 Å². The maximum absolute atomic E-state index is 4.25. The van der Waals surface area contributed by atoms with E-state index in [0.717, 1.165) is 21.4 Å². The van der Waals surface area contributed by atoms with Gasteiger partial charge in [0.05, 0.1) is 0 Å². The van der Waals surface area contributed by atoms with E-state index in [1.807, 2.05) is 42.5 Å². The molecule has 19 heavy (non-hydrogen) atoms. The SMILES string of the molecule is Cc1ccccc1-c1nnc(Nc2ccccc2)s1. The van der Waals surface area contributed by atoms with Crippen LogP contribution in [-0.4, -0.2) is 10.2 Å². The second-order valence-corrected chi connectivity index (χ2v) is 5.20.